The second-order valence-corrected chi connectivity index (χ2v) is 11.4. The second-order valence-electron chi connectivity index (χ2n) is 11.4. The maximum Gasteiger partial charge on any atom is 0.271 e. The Kier molecular flexibility index (Phi) is 6.55. The van der Waals surface area contributed by atoms with Crippen molar-refractivity contribution in [2.45, 2.75) is 55.6 Å². The number of nitrogens with one attached hydrogen (secondary N) is 3. The van der Waals surface area contributed by atoms with Gasteiger partial charge < -0.3 is 46.9 Å². The molecule has 1 aromatic carbocycles. The minimum absolute atomic E-state index is 0.0268. The summed E-state index contributed by atoms with van der Waals surface area (Å²) in [5.74, 6) is 0.175. The van der Waals surface area contributed by atoms with Gasteiger partial charge in [0.05, 0.1) is 31.4 Å². The molecule has 3 unspecified atom stereocenters. The first-order valence-corrected chi connectivity index (χ1v) is 13.7. The zero-order chi connectivity index (χ0) is 29.8. The molecule has 15 nitrogen and oxygen atoms in total. The van der Waals surface area contributed by atoms with E-state index < -0.39 is 35.8 Å². The maximum atomic E-state index is 13.6. The molecule has 8 N–H and O–H groups in total. The number of benzene rings is 1. The number of para-hydroxylation sites is 1. The summed E-state index contributed by atoms with van der Waals surface area (Å²) in [5, 5.41) is 28.2. The number of fused-ring (bicyclic) bond motifs is 1. The van der Waals surface area contributed by atoms with Crippen molar-refractivity contribution in [2.24, 2.45) is 21.5 Å². The van der Waals surface area contributed by atoms with Crippen LogP contribution >= 0.6 is 0 Å². The minimum atomic E-state index is -1.28. The van der Waals surface area contributed by atoms with Gasteiger partial charge in [-0.1, -0.05) is 26.0 Å². The Balaban J connectivity index is 1.21. The van der Waals surface area contributed by atoms with Crippen LogP contribution in [0.2, 0.25) is 0 Å². The molecule has 1 saturated heterocycles. The van der Waals surface area contributed by atoms with Gasteiger partial charge in [0.25, 0.3) is 11.8 Å². The zero-order valence-electron chi connectivity index (χ0n) is 23.5. The number of carbonyl (C=O) groups is 2. The molecule has 0 radical (unpaired) electrons. The van der Waals surface area contributed by atoms with Crippen LogP contribution in [0.15, 0.2) is 40.3 Å². The lowest BCUT2D eigenvalue weighted by Gasteiger charge is -2.46. The first kappa shape index (κ1) is 27.5. The van der Waals surface area contributed by atoms with E-state index in [1.165, 1.54) is 19.2 Å². The highest BCUT2D eigenvalue weighted by Gasteiger charge is 2.65. The van der Waals surface area contributed by atoms with Crippen LogP contribution in [0, 0.1) is 0 Å². The maximum absolute atomic E-state index is 13.6. The highest BCUT2D eigenvalue weighted by atomic mass is 16.5. The van der Waals surface area contributed by atoms with Gasteiger partial charge in [0.2, 0.25) is 5.88 Å². The fourth-order valence-corrected chi connectivity index (χ4v) is 6.24. The van der Waals surface area contributed by atoms with Crippen LogP contribution in [0.5, 0.6) is 11.6 Å². The summed E-state index contributed by atoms with van der Waals surface area (Å²) in [6, 6.07) is 6.38. The van der Waals surface area contributed by atoms with E-state index in [1.807, 2.05) is 12.1 Å². The fourth-order valence-electron chi connectivity index (χ4n) is 6.24. The number of aliphatic imine (C=N–C) groups is 2. The highest BCUT2D eigenvalue weighted by molar-refractivity contribution is 5.98. The highest BCUT2D eigenvalue weighted by Crippen LogP contribution is 2.42. The summed E-state index contributed by atoms with van der Waals surface area (Å²) in [6.45, 7) is 4.92. The molecule has 5 atom stereocenters. The number of nitrogens with two attached hydrogens (primary N) is 2. The van der Waals surface area contributed by atoms with E-state index in [9.17, 15) is 14.7 Å². The van der Waals surface area contributed by atoms with Crippen molar-refractivity contribution in [1.82, 2.24) is 31.0 Å². The Morgan fingerprint density at radius 3 is 2.74 bits per heavy atom. The van der Waals surface area contributed by atoms with E-state index >= 15 is 0 Å². The van der Waals surface area contributed by atoms with Gasteiger partial charge in [-0.3, -0.25) is 9.59 Å². The van der Waals surface area contributed by atoms with E-state index in [0.717, 1.165) is 12.0 Å². The number of methoxy groups -OCH3 is 1. The van der Waals surface area contributed by atoms with E-state index in [2.05, 4.69) is 50.0 Å². The van der Waals surface area contributed by atoms with Gasteiger partial charge in [-0.15, -0.1) is 10.2 Å². The molecule has 2 aromatic rings. The molecule has 222 valence electrons. The summed E-state index contributed by atoms with van der Waals surface area (Å²) in [4.78, 5) is 37.1. The summed E-state index contributed by atoms with van der Waals surface area (Å²) in [6.07, 6.45) is -0.348. The number of hydrogen-bond donors (Lipinski definition) is 6. The standard InChI is InChI=1S/C27H34N10O5/c1-26(2)9-10-42-19-13(5-4-6-14(19)26)22(39)31-17-12-37-25(29)32-16(20-27(37,21(17)38)34-24(28)33-20)11-30-23(40)15-7-8-18(41-3)36-35-15/h4-8,16-17,20-21,38H,9-12H2,1-3H3,(H2,29,32)(H,30,40)(H,31,39)(H3,28,33,34)/t16-,17?,20?,21+,27?/m0/s1. The summed E-state index contributed by atoms with van der Waals surface area (Å²) in [7, 11) is 1.45. The number of ether oxygens (including phenoxy) is 2. The van der Waals surface area contributed by atoms with Crippen molar-refractivity contribution in [3.8, 4) is 11.6 Å². The number of rotatable bonds is 6. The van der Waals surface area contributed by atoms with Gasteiger partial charge >= 0.3 is 0 Å². The Morgan fingerprint density at radius 2 is 2.00 bits per heavy atom. The monoisotopic (exact) mass is 578 g/mol. The molecular weight excluding hydrogens is 544 g/mol. The van der Waals surface area contributed by atoms with Gasteiger partial charge in [-0.25, -0.2) is 9.98 Å². The molecule has 1 fully saturated rings. The molecule has 5 heterocycles. The molecule has 0 saturated carbocycles. The molecular formula is C27H34N10O5. The molecule has 42 heavy (non-hydrogen) atoms. The van der Waals surface area contributed by atoms with Gasteiger partial charge in [0, 0.05) is 24.7 Å². The fraction of sp³-hybridized carbons (Fsp3) is 0.481. The van der Waals surface area contributed by atoms with Crippen LogP contribution in [-0.2, 0) is 5.41 Å². The van der Waals surface area contributed by atoms with Gasteiger partial charge in [0.1, 0.15) is 17.9 Å². The van der Waals surface area contributed by atoms with E-state index in [-0.39, 0.29) is 47.9 Å². The smallest absolute Gasteiger partial charge is 0.271 e. The molecule has 2 amide bonds. The first-order chi connectivity index (χ1) is 20.0. The largest absolute Gasteiger partial charge is 0.492 e. The van der Waals surface area contributed by atoms with Gasteiger partial charge in [-0.05, 0) is 24.0 Å². The third kappa shape index (κ3) is 4.31. The summed E-state index contributed by atoms with van der Waals surface area (Å²) in [5.41, 5.74) is 12.5. The lowest BCUT2D eigenvalue weighted by Crippen LogP contribution is -2.73. The summed E-state index contributed by atoms with van der Waals surface area (Å²) >= 11 is 0. The number of amides is 2. The molecule has 1 aromatic heterocycles. The Morgan fingerprint density at radius 1 is 1.19 bits per heavy atom. The van der Waals surface area contributed by atoms with Crippen LogP contribution in [0.4, 0.5) is 0 Å². The van der Waals surface area contributed by atoms with E-state index in [4.69, 9.17) is 20.9 Å². The Bertz CT molecular complexity index is 1480. The van der Waals surface area contributed by atoms with Crippen LogP contribution in [0.3, 0.4) is 0 Å². The molecule has 4 aliphatic rings. The number of hydrogen-bond acceptors (Lipinski definition) is 13. The zero-order valence-corrected chi connectivity index (χ0v) is 23.5. The topological polar surface area (TPSA) is 215 Å². The van der Waals surface area contributed by atoms with Crippen molar-refractivity contribution in [3.63, 3.8) is 0 Å². The van der Waals surface area contributed by atoms with Crippen molar-refractivity contribution >= 4 is 23.7 Å². The Labute approximate surface area is 241 Å². The predicted octanol–water partition coefficient (Wildman–Crippen LogP) is -1.57. The van der Waals surface area contributed by atoms with Gasteiger partial charge in [0.15, 0.2) is 23.3 Å². The van der Waals surface area contributed by atoms with Crippen molar-refractivity contribution in [1.29, 1.82) is 0 Å². The third-order valence-electron chi connectivity index (χ3n) is 8.49. The quantitative estimate of drug-likeness (QED) is 0.230. The number of aliphatic hydroxyl groups is 1. The first-order valence-electron chi connectivity index (χ1n) is 13.7. The molecule has 4 aliphatic heterocycles. The van der Waals surface area contributed by atoms with Crippen LogP contribution in [-0.4, -0.2) is 101 Å². The molecule has 0 aliphatic carbocycles. The van der Waals surface area contributed by atoms with Crippen molar-refractivity contribution < 1.29 is 24.2 Å². The van der Waals surface area contributed by atoms with Gasteiger partial charge in [-0.2, -0.15) is 0 Å². The Hall–Kier alpha value is -4.66. The minimum Gasteiger partial charge on any atom is -0.492 e. The molecule has 0 bridgehead atoms. The average molecular weight is 579 g/mol. The van der Waals surface area contributed by atoms with Crippen LogP contribution in [0.1, 0.15) is 46.7 Å². The lowest BCUT2D eigenvalue weighted by atomic mass is 9.79. The number of guanidine groups is 2. The SMILES string of the molecule is COc1ccc(C(=O)NC[C@@H]2N=C(N)N3CC(NC(=O)c4cccc5c4OCCC5(C)C)[C@@H](O)C34NC(N)=NC24)nn1. The third-order valence-corrected chi connectivity index (χ3v) is 8.49. The normalized spacial score (nSPS) is 28.6. The van der Waals surface area contributed by atoms with Crippen LogP contribution < -0.4 is 36.9 Å². The number of aromatic nitrogens is 2. The van der Waals surface area contributed by atoms with E-state index in [1.54, 1.807) is 11.0 Å². The van der Waals surface area contributed by atoms with Crippen molar-refractivity contribution in [2.75, 3.05) is 26.8 Å². The second kappa shape index (κ2) is 10.0. The van der Waals surface area contributed by atoms with Crippen LogP contribution in [0.25, 0.3) is 0 Å². The number of nitrogens with zero attached hydrogens (tertiary/aromatic N) is 5. The molecule has 6 rings (SSSR count). The number of aliphatic hydroxyl groups excluding tert-OH is 1. The average Bonchev–Trinajstić information content (AvgIpc) is 3.47. The predicted molar refractivity (Wildman–Crippen MR) is 151 cm³/mol. The lowest BCUT2D eigenvalue weighted by molar-refractivity contribution is 0.0143. The van der Waals surface area contributed by atoms with Crippen molar-refractivity contribution in [3.05, 3.63) is 47.2 Å². The molecule has 15 heteroatoms. The summed E-state index contributed by atoms with van der Waals surface area (Å²) < 4.78 is 10.9. The number of carbonyl (C=O) groups excluding carboxylic acids is 2. The molecule has 1 spiro atoms. The van der Waals surface area contributed by atoms with E-state index in [0.29, 0.717) is 17.9 Å².